The monoisotopic (exact) mass is 411 g/mol. The number of nitrogens with one attached hydrogen (secondary N) is 1. The third-order valence-electron chi connectivity index (χ3n) is 5.77. The normalized spacial score (nSPS) is 19.1. The van der Waals surface area contributed by atoms with Crippen LogP contribution in [0.15, 0.2) is 21.7 Å². The van der Waals surface area contributed by atoms with E-state index in [2.05, 4.69) is 4.98 Å². The van der Waals surface area contributed by atoms with E-state index in [1.54, 1.807) is 6.07 Å². The van der Waals surface area contributed by atoms with Crippen molar-refractivity contribution in [3.63, 3.8) is 0 Å². The first-order valence-electron chi connectivity index (χ1n) is 9.71. The Morgan fingerprint density at radius 3 is 2.45 bits per heavy atom. The third kappa shape index (κ3) is 3.74. The lowest BCUT2D eigenvalue weighted by Gasteiger charge is -2.36. The van der Waals surface area contributed by atoms with Gasteiger partial charge in [-0.3, -0.25) is 14.3 Å². The van der Waals surface area contributed by atoms with Crippen molar-refractivity contribution >= 4 is 16.6 Å². The molecule has 2 aliphatic rings. The van der Waals surface area contributed by atoms with Gasteiger partial charge in [0.05, 0.1) is 23.8 Å². The average Bonchev–Trinajstić information content (AvgIpc) is 3.52. The molecule has 1 saturated heterocycles. The number of aliphatic hydroxyl groups excluding tert-OH is 2. The molecule has 29 heavy (non-hydrogen) atoms. The van der Waals surface area contributed by atoms with E-state index in [0.29, 0.717) is 31.6 Å². The number of rotatable bonds is 6. The molecule has 158 valence electrons. The molecule has 8 nitrogen and oxygen atoms in total. The zero-order chi connectivity index (χ0) is 20.7. The number of fused-ring (bicyclic) bond motifs is 1. The Hall–Kier alpha value is -2.46. The van der Waals surface area contributed by atoms with E-state index < -0.39 is 24.0 Å². The fourth-order valence-corrected chi connectivity index (χ4v) is 4.12. The number of H-pyrrole nitrogens is 1. The minimum absolute atomic E-state index is 0.0799. The van der Waals surface area contributed by atoms with Crippen LogP contribution in [0.2, 0.25) is 0 Å². The molecule has 3 N–H and O–H groups in total. The Labute approximate surface area is 164 Å². The standard InChI is InChI=1S/C19H23F2N3O5/c20-18(21)29-16-13(23-7-5-10(6-8-23)14(26)9-25)4-3-12-15(16)24(11-1-2-11)19(28)22-17(12)27/h3-4,10-11,14,18,25-26H,1-2,5-9H2,(H,22,27,28). The number of aliphatic hydroxyl groups is 2. The predicted molar refractivity (Wildman–Crippen MR) is 102 cm³/mol. The first-order valence-corrected chi connectivity index (χ1v) is 9.71. The smallest absolute Gasteiger partial charge is 0.387 e. The molecule has 4 rings (SSSR count). The van der Waals surface area contributed by atoms with Gasteiger partial charge in [0.2, 0.25) is 0 Å². The van der Waals surface area contributed by atoms with E-state index >= 15 is 0 Å². The van der Waals surface area contributed by atoms with Gasteiger partial charge in [0, 0.05) is 19.1 Å². The van der Waals surface area contributed by atoms with Crippen LogP contribution in [0.4, 0.5) is 14.5 Å². The van der Waals surface area contributed by atoms with Gasteiger partial charge in [0.25, 0.3) is 5.56 Å². The van der Waals surface area contributed by atoms with Gasteiger partial charge in [-0.15, -0.1) is 0 Å². The summed E-state index contributed by atoms with van der Waals surface area (Å²) in [6, 6.07) is 2.93. The molecule has 1 atom stereocenters. The summed E-state index contributed by atoms with van der Waals surface area (Å²) in [6.07, 6.45) is 1.77. The van der Waals surface area contributed by atoms with Gasteiger partial charge >= 0.3 is 12.3 Å². The van der Waals surface area contributed by atoms with E-state index in [1.807, 2.05) is 4.90 Å². The number of ether oxygens (including phenoxy) is 1. The van der Waals surface area contributed by atoms with Crippen molar-refractivity contribution in [2.24, 2.45) is 5.92 Å². The maximum atomic E-state index is 13.3. The van der Waals surface area contributed by atoms with Gasteiger partial charge in [-0.1, -0.05) is 0 Å². The predicted octanol–water partition coefficient (Wildman–Crippen LogP) is 1.20. The van der Waals surface area contributed by atoms with Crippen LogP contribution >= 0.6 is 0 Å². The number of benzene rings is 1. The van der Waals surface area contributed by atoms with Gasteiger partial charge in [-0.25, -0.2) is 4.79 Å². The Morgan fingerprint density at radius 1 is 1.17 bits per heavy atom. The molecule has 1 aliphatic heterocycles. The molecule has 2 fully saturated rings. The summed E-state index contributed by atoms with van der Waals surface area (Å²) in [5, 5.41) is 19.1. The second-order valence-corrected chi connectivity index (χ2v) is 7.62. The van der Waals surface area contributed by atoms with Crippen LogP contribution < -0.4 is 20.9 Å². The molecular formula is C19H23F2N3O5. The van der Waals surface area contributed by atoms with Gasteiger partial charge in [0.1, 0.15) is 5.52 Å². The Balaban J connectivity index is 1.82. The minimum Gasteiger partial charge on any atom is -0.430 e. The Kier molecular flexibility index (Phi) is 5.30. The summed E-state index contributed by atoms with van der Waals surface area (Å²) in [4.78, 5) is 28.8. The molecule has 1 saturated carbocycles. The highest BCUT2D eigenvalue weighted by Crippen LogP contribution is 2.42. The first kappa shape index (κ1) is 19.8. The summed E-state index contributed by atoms with van der Waals surface area (Å²) in [7, 11) is 0. The van der Waals surface area contributed by atoms with Crippen LogP contribution in [0.5, 0.6) is 5.75 Å². The Bertz CT molecular complexity index is 1010. The van der Waals surface area contributed by atoms with Gasteiger partial charge in [-0.05, 0) is 43.7 Å². The fraction of sp³-hybridized carbons (Fsp3) is 0.579. The number of aromatic amines is 1. The average molecular weight is 411 g/mol. The topological polar surface area (TPSA) is 108 Å². The van der Waals surface area contributed by atoms with E-state index in [4.69, 9.17) is 9.84 Å². The summed E-state index contributed by atoms with van der Waals surface area (Å²) < 4.78 is 32.8. The largest absolute Gasteiger partial charge is 0.430 e. The molecule has 2 aromatic rings. The van der Waals surface area contributed by atoms with Gasteiger partial charge < -0.3 is 19.8 Å². The first-order chi connectivity index (χ1) is 13.9. The van der Waals surface area contributed by atoms with Crippen LogP contribution in [0, 0.1) is 5.92 Å². The summed E-state index contributed by atoms with van der Waals surface area (Å²) in [5.41, 5.74) is -0.797. The number of halogens is 2. The molecule has 0 spiro atoms. The number of hydrogen-bond donors (Lipinski definition) is 3. The van der Waals surface area contributed by atoms with Gasteiger partial charge in [-0.2, -0.15) is 8.78 Å². The molecule has 2 heterocycles. The fourth-order valence-electron chi connectivity index (χ4n) is 4.12. The number of hydrogen-bond acceptors (Lipinski definition) is 6. The molecule has 1 aromatic carbocycles. The number of alkyl halides is 2. The van der Waals surface area contributed by atoms with Crippen molar-refractivity contribution < 1.29 is 23.7 Å². The van der Waals surface area contributed by atoms with Crippen LogP contribution in [0.1, 0.15) is 31.7 Å². The number of aromatic nitrogens is 2. The SMILES string of the molecule is O=c1[nH]c(=O)n(C2CC2)c2c(OC(F)F)c(N3CCC(C(O)CO)CC3)ccc12. The lowest BCUT2D eigenvalue weighted by atomic mass is 9.91. The highest BCUT2D eigenvalue weighted by Gasteiger charge is 2.32. The van der Waals surface area contributed by atoms with E-state index in [9.17, 15) is 23.5 Å². The molecule has 0 amide bonds. The van der Waals surface area contributed by atoms with Crippen LogP contribution in [0.3, 0.4) is 0 Å². The molecular weight excluding hydrogens is 388 g/mol. The summed E-state index contributed by atoms with van der Waals surface area (Å²) in [5.74, 6) is -0.252. The zero-order valence-corrected chi connectivity index (χ0v) is 15.7. The second kappa shape index (κ2) is 7.75. The molecule has 1 aromatic heterocycles. The van der Waals surface area contributed by atoms with E-state index in [-0.39, 0.29) is 35.2 Å². The molecule has 10 heteroatoms. The summed E-state index contributed by atoms with van der Waals surface area (Å²) in [6.45, 7) is -2.51. The highest BCUT2D eigenvalue weighted by molar-refractivity contribution is 5.90. The van der Waals surface area contributed by atoms with Crippen molar-refractivity contribution in [1.82, 2.24) is 9.55 Å². The van der Waals surface area contributed by atoms with E-state index in [0.717, 1.165) is 12.8 Å². The molecule has 0 bridgehead atoms. The third-order valence-corrected chi connectivity index (χ3v) is 5.77. The minimum atomic E-state index is -3.12. The quantitative estimate of drug-likeness (QED) is 0.659. The maximum absolute atomic E-state index is 13.3. The Morgan fingerprint density at radius 2 is 1.86 bits per heavy atom. The summed E-state index contributed by atoms with van der Waals surface area (Å²) >= 11 is 0. The van der Waals surface area contributed by atoms with Crippen molar-refractivity contribution in [3.8, 4) is 5.75 Å². The van der Waals surface area contributed by atoms with Crippen molar-refractivity contribution in [2.45, 2.75) is 44.4 Å². The molecule has 1 unspecified atom stereocenters. The lowest BCUT2D eigenvalue weighted by Crippen LogP contribution is -2.39. The van der Waals surface area contributed by atoms with Crippen molar-refractivity contribution in [1.29, 1.82) is 0 Å². The van der Waals surface area contributed by atoms with Crippen LogP contribution in [-0.4, -0.2) is 52.2 Å². The van der Waals surface area contributed by atoms with Gasteiger partial charge in [0.15, 0.2) is 5.75 Å². The second-order valence-electron chi connectivity index (χ2n) is 7.62. The van der Waals surface area contributed by atoms with Crippen molar-refractivity contribution in [3.05, 3.63) is 33.0 Å². The zero-order valence-electron chi connectivity index (χ0n) is 15.7. The number of nitrogens with zero attached hydrogens (tertiary/aromatic N) is 2. The van der Waals surface area contributed by atoms with E-state index in [1.165, 1.54) is 10.6 Å². The van der Waals surface area contributed by atoms with Crippen LogP contribution in [0.25, 0.3) is 10.9 Å². The number of anilines is 1. The van der Waals surface area contributed by atoms with Crippen LogP contribution in [-0.2, 0) is 0 Å². The maximum Gasteiger partial charge on any atom is 0.387 e. The molecule has 0 radical (unpaired) electrons. The highest BCUT2D eigenvalue weighted by atomic mass is 19.3. The number of piperidine rings is 1. The van der Waals surface area contributed by atoms with Crippen molar-refractivity contribution in [2.75, 3.05) is 24.6 Å². The lowest BCUT2D eigenvalue weighted by molar-refractivity contribution is -0.0487. The molecule has 1 aliphatic carbocycles.